The van der Waals surface area contributed by atoms with Crippen molar-refractivity contribution in [1.82, 2.24) is 4.57 Å². The van der Waals surface area contributed by atoms with Gasteiger partial charge in [0, 0.05) is 24.0 Å². The molecule has 2 aliphatic rings. The van der Waals surface area contributed by atoms with Crippen molar-refractivity contribution in [3.8, 4) is 16.9 Å². The molecule has 0 bridgehead atoms. The zero-order valence-corrected chi connectivity index (χ0v) is 20.1. The van der Waals surface area contributed by atoms with Crippen LogP contribution < -0.4 is 4.57 Å². The number of fused-ring (bicyclic) bond motifs is 3. The van der Waals surface area contributed by atoms with Gasteiger partial charge in [0.2, 0.25) is 0 Å². The van der Waals surface area contributed by atoms with Crippen molar-refractivity contribution in [2.75, 3.05) is 0 Å². The summed E-state index contributed by atoms with van der Waals surface area (Å²) in [5.74, 6) is 2.11. The Labute approximate surface area is 187 Å². The van der Waals surface area contributed by atoms with Crippen LogP contribution >= 0.6 is 0 Å². The maximum absolute atomic E-state index is 2.77. The zero-order valence-electron chi connectivity index (χ0n) is 20.1. The van der Waals surface area contributed by atoms with Gasteiger partial charge >= 0.3 is 0 Å². The number of aromatic nitrogens is 2. The van der Waals surface area contributed by atoms with Gasteiger partial charge in [0.1, 0.15) is 11.2 Å². The van der Waals surface area contributed by atoms with Crippen molar-refractivity contribution in [3.05, 3.63) is 71.2 Å². The molecule has 5 rings (SSSR count). The minimum atomic E-state index is 0.00759. The van der Waals surface area contributed by atoms with Gasteiger partial charge in [0.05, 0.1) is 5.41 Å². The summed E-state index contributed by atoms with van der Waals surface area (Å²) >= 11 is 0. The van der Waals surface area contributed by atoms with E-state index in [9.17, 15) is 0 Å². The minimum absolute atomic E-state index is 0.00759. The number of imidazole rings is 1. The van der Waals surface area contributed by atoms with Crippen LogP contribution in [0.4, 0.5) is 0 Å². The number of nitrogens with zero attached hydrogens (tertiary/aromatic N) is 2. The molecule has 1 aromatic heterocycles. The van der Waals surface area contributed by atoms with Gasteiger partial charge in [-0.2, -0.15) is 4.57 Å². The maximum atomic E-state index is 2.77. The van der Waals surface area contributed by atoms with Crippen LogP contribution in [0.2, 0.25) is 0 Å². The van der Waals surface area contributed by atoms with Crippen LogP contribution in [0.5, 0.6) is 0 Å². The fraction of sp³-hybridized carbons (Fsp3) is 0.483. The molecule has 1 unspecified atom stereocenters. The Bertz CT molecular complexity index is 1140. The first-order valence-corrected chi connectivity index (χ1v) is 12.1. The first-order valence-electron chi connectivity index (χ1n) is 12.1. The Balaban J connectivity index is 1.90. The topological polar surface area (TPSA) is 8.81 Å². The summed E-state index contributed by atoms with van der Waals surface area (Å²) in [4.78, 5) is 0. The predicted molar refractivity (Wildman–Crippen MR) is 129 cm³/mol. The van der Waals surface area contributed by atoms with Gasteiger partial charge in [-0.3, -0.25) is 0 Å². The zero-order chi connectivity index (χ0) is 22.0. The van der Waals surface area contributed by atoms with E-state index >= 15 is 0 Å². The molecule has 0 saturated heterocycles. The van der Waals surface area contributed by atoms with Crippen LogP contribution in [0.3, 0.4) is 0 Å². The van der Waals surface area contributed by atoms with E-state index < -0.39 is 0 Å². The average molecular weight is 414 g/mol. The fourth-order valence-electron chi connectivity index (χ4n) is 6.50. The molecule has 0 spiro atoms. The standard InChI is InChI=1S/C29H37N2/c1-20-14-10-13-19-25(20)30-21(2)26-23-17-11-12-18-24(23)29(6,22-15-8-7-9-16-22)31(26)27(30)28(3,4)5/h10-14,17-19,22H,7-9,15-16H2,1-6H3/q+1. The molecule has 162 valence electrons. The maximum Gasteiger partial charge on any atom is 0.268 e. The summed E-state index contributed by atoms with van der Waals surface area (Å²) in [7, 11) is 0. The van der Waals surface area contributed by atoms with Crippen LogP contribution in [0.15, 0.2) is 48.5 Å². The summed E-state index contributed by atoms with van der Waals surface area (Å²) in [6, 6.07) is 18.1. The Morgan fingerprint density at radius 1 is 0.903 bits per heavy atom. The first kappa shape index (κ1) is 20.5. The van der Waals surface area contributed by atoms with Gasteiger partial charge in [0.25, 0.3) is 5.82 Å². The molecule has 0 radical (unpaired) electrons. The third kappa shape index (κ3) is 2.87. The first-order chi connectivity index (χ1) is 14.8. The predicted octanol–water partition coefficient (Wildman–Crippen LogP) is 7.00. The lowest BCUT2D eigenvalue weighted by Crippen LogP contribution is -2.61. The second kappa shape index (κ2) is 7.08. The van der Waals surface area contributed by atoms with E-state index in [1.807, 2.05) is 0 Å². The van der Waals surface area contributed by atoms with E-state index in [1.54, 1.807) is 0 Å². The third-order valence-electron chi connectivity index (χ3n) is 7.94. The number of aryl methyl sites for hydroxylation is 1. The van der Waals surface area contributed by atoms with Crippen LogP contribution in [0.1, 0.15) is 82.4 Å². The molecule has 2 aromatic carbocycles. The SMILES string of the molecule is Cc1ccccc1-n1c(C)c2[n+](c1C(C)(C)C)C(C)(C1CCCCC1)c1ccccc1-2. The van der Waals surface area contributed by atoms with Crippen molar-refractivity contribution in [2.24, 2.45) is 5.92 Å². The number of benzene rings is 2. The van der Waals surface area contributed by atoms with Gasteiger partial charge in [-0.15, -0.1) is 0 Å². The number of hydrogen-bond donors (Lipinski definition) is 0. The molecule has 1 aliphatic heterocycles. The molecule has 31 heavy (non-hydrogen) atoms. The fourth-order valence-corrected chi connectivity index (χ4v) is 6.50. The summed E-state index contributed by atoms with van der Waals surface area (Å²) in [6.07, 6.45) is 6.77. The van der Waals surface area contributed by atoms with Crippen LogP contribution in [0, 0.1) is 19.8 Å². The Hall–Kier alpha value is -2.35. The Morgan fingerprint density at radius 2 is 1.55 bits per heavy atom. The summed E-state index contributed by atoms with van der Waals surface area (Å²) in [6.45, 7) is 14.3. The monoisotopic (exact) mass is 413 g/mol. The molecule has 1 fully saturated rings. The molecule has 2 heterocycles. The molecule has 3 aromatic rings. The molecule has 0 N–H and O–H groups in total. The molecule has 1 atom stereocenters. The lowest BCUT2D eigenvalue weighted by Gasteiger charge is -2.37. The number of para-hydroxylation sites is 1. The van der Waals surface area contributed by atoms with Crippen molar-refractivity contribution >= 4 is 0 Å². The molecule has 1 aliphatic carbocycles. The average Bonchev–Trinajstić information content (AvgIpc) is 3.21. The van der Waals surface area contributed by atoms with E-state index in [4.69, 9.17) is 0 Å². The van der Waals surface area contributed by atoms with Crippen molar-refractivity contribution in [1.29, 1.82) is 0 Å². The molecule has 2 heteroatoms. The van der Waals surface area contributed by atoms with Gasteiger partial charge < -0.3 is 0 Å². The minimum Gasteiger partial charge on any atom is -0.216 e. The third-order valence-corrected chi connectivity index (χ3v) is 7.94. The molecule has 1 saturated carbocycles. The second-order valence-corrected chi connectivity index (χ2v) is 11.0. The van der Waals surface area contributed by atoms with E-state index in [0.29, 0.717) is 5.92 Å². The second-order valence-electron chi connectivity index (χ2n) is 11.0. The summed E-state index contributed by atoms with van der Waals surface area (Å²) in [5, 5.41) is 0. The smallest absolute Gasteiger partial charge is 0.216 e. The number of rotatable bonds is 2. The largest absolute Gasteiger partial charge is 0.268 e. The van der Waals surface area contributed by atoms with E-state index in [0.717, 1.165) is 0 Å². The number of hydrogen-bond acceptors (Lipinski definition) is 0. The highest BCUT2D eigenvalue weighted by molar-refractivity contribution is 5.69. The van der Waals surface area contributed by atoms with Crippen molar-refractivity contribution in [2.45, 2.75) is 84.6 Å². The lowest BCUT2D eigenvalue weighted by atomic mass is 9.72. The van der Waals surface area contributed by atoms with Gasteiger partial charge in [-0.05, 0) is 59.1 Å². The van der Waals surface area contributed by atoms with Gasteiger partial charge in [-0.25, -0.2) is 4.57 Å². The Kier molecular flexibility index (Phi) is 4.70. The molecule has 2 nitrogen and oxygen atoms in total. The summed E-state index contributed by atoms with van der Waals surface area (Å²) < 4.78 is 5.34. The lowest BCUT2D eigenvalue weighted by molar-refractivity contribution is -0.753. The van der Waals surface area contributed by atoms with Crippen LogP contribution in [0.25, 0.3) is 16.9 Å². The Morgan fingerprint density at radius 3 is 2.23 bits per heavy atom. The van der Waals surface area contributed by atoms with Crippen LogP contribution in [-0.2, 0) is 11.0 Å². The molecular weight excluding hydrogens is 376 g/mol. The van der Waals surface area contributed by atoms with E-state index in [2.05, 4.69) is 99.2 Å². The van der Waals surface area contributed by atoms with Crippen molar-refractivity contribution in [3.63, 3.8) is 0 Å². The quantitative estimate of drug-likeness (QED) is 0.400. The highest BCUT2D eigenvalue weighted by Gasteiger charge is 2.55. The van der Waals surface area contributed by atoms with Gasteiger partial charge in [0.15, 0.2) is 11.4 Å². The van der Waals surface area contributed by atoms with Crippen molar-refractivity contribution < 1.29 is 4.57 Å². The molecule has 0 amide bonds. The highest BCUT2D eigenvalue weighted by atomic mass is 15.3. The normalized spacial score (nSPS) is 21.2. The van der Waals surface area contributed by atoms with E-state index in [-0.39, 0.29) is 11.0 Å². The molecular formula is C29H37N2+. The van der Waals surface area contributed by atoms with Gasteiger partial charge in [-0.1, -0.05) is 61.7 Å². The van der Waals surface area contributed by atoms with Crippen LogP contribution in [-0.4, -0.2) is 4.57 Å². The van der Waals surface area contributed by atoms with E-state index in [1.165, 1.54) is 71.7 Å². The highest BCUT2D eigenvalue weighted by Crippen LogP contribution is 2.49. The summed E-state index contributed by atoms with van der Waals surface area (Å²) in [5.41, 5.74) is 8.43.